The number of rotatable bonds is 3. The fraction of sp³-hybridized carbons (Fsp3) is 0.538. The van der Waals surface area contributed by atoms with Crippen LogP contribution in [0.1, 0.15) is 11.1 Å². The second-order valence-corrected chi connectivity index (χ2v) is 5.46. The Hall–Kier alpha value is -0.670. The highest BCUT2D eigenvalue weighted by Crippen LogP contribution is 2.30. The number of aryl methyl sites for hydroxylation is 1. The van der Waals surface area contributed by atoms with Crippen LogP contribution in [0.4, 0.5) is 0 Å². The minimum Gasteiger partial charge on any atom is -0.496 e. The van der Waals surface area contributed by atoms with E-state index in [9.17, 15) is 5.11 Å². The van der Waals surface area contributed by atoms with E-state index in [0.717, 1.165) is 23.7 Å². The highest BCUT2D eigenvalue weighted by molar-refractivity contribution is 7.99. The Bertz CT molecular complexity index is 365. The number of methoxy groups -OCH3 is 1. The molecule has 1 heterocycles. The number of hydrogen-bond donors (Lipinski definition) is 1. The van der Waals surface area contributed by atoms with Crippen molar-refractivity contribution in [1.29, 1.82) is 0 Å². The molecule has 1 saturated heterocycles. The van der Waals surface area contributed by atoms with E-state index < -0.39 is 0 Å². The Morgan fingerprint density at radius 3 is 2.88 bits per heavy atom. The van der Waals surface area contributed by atoms with Crippen LogP contribution in [0.3, 0.4) is 0 Å². The van der Waals surface area contributed by atoms with Crippen molar-refractivity contribution in [2.75, 3.05) is 18.6 Å². The van der Waals surface area contributed by atoms with E-state index in [1.165, 1.54) is 11.1 Å². The fourth-order valence-electron chi connectivity index (χ4n) is 2.13. The Labute approximate surface area is 101 Å². The molecule has 0 aromatic heterocycles. The molecule has 1 fully saturated rings. The van der Waals surface area contributed by atoms with Gasteiger partial charge in [0.15, 0.2) is 0 Å². The van der Waals surface area contributed by atoms with Gasteiger partial charge in [0.25, 0.3) is 0 Å². The quantitative estimate of drug-likeness (QED) is 0.876. The van der Waals surface area contributed by atoms with E-state index in [1.807, 2.05) is 17.8 Å². The number of thioether (sulfide) groups is 1. The number of aliphatic hydroxyl groups is 1. The highest BCUT2D eigenvalue weighted by atomic mass is 32.2. The van der Waals surface area contributed by atoms with Crippen LogP contribution >= 0.6 is 11.8 Å². The summed E-state index contributed by atoms with van der Waals surface area (Å²) in [5.41, 5.74) is 2.46. The van der Waals surface area contributed by atoms with Crippen LogP contribution < -0.4 is 4.74 Å². The molecule has 2 unspecified atom stereocenters. The van der Waals surface area contributed by atoms with Gasteiger partial charge in [-0.25, -0.2) is 0 Å². The predicted molar refractivity (Wildman–Crippen MR) is 68.3 cm³/mol. The first kappa shape index (κ1) is 11.8. The van der Waals surface area contributed by atoms with Crippen LogP contribution in [0.25, 0.3) is 0 Å². The van der Waals surface area contributed by atoms with E-state index in [-0.39, 0.29) is 6.10 Å². The van der Waals surface area contributed by atoms with Gasteiger partial charge in [-0.3, -0.25) is 0 Å². The van der Waals surface area contributed by atoms with Gasteiger partial charge < -0.3 is 9.84 Å². The van der Waals surface area contributed by atoms with Crippen molar-refractivity contribution < 1.29 is 9.84 Å². The molecule has 1 aliphatic rings. The lowest BCUT2D eigenvalue weighted by atomic mass is 9.95. The van der Waals surface area contributed by atoms with Crippen LogP contribution in [-0.4, -0.2) is 29.8 Å². The van der Waals surface area contributed by atoms with E-state index in [0.29, 0.717) is 5.92 Å². The maximum absolute atomic E-state index is 9.82. The number of ether oxygens (including phenoxy) is 1. The summed E-state index contributed by atoms with van der Waals surface area (Å²) in [4.78, 5) is 0. The van der Waals surface area contributed by atoms with Gasteiger partial charge in [-0.05, 0) is 36.6 Å². The van der Waals surface area contributed by atoms with E-state index in [4.69, 9.17) is 4.74 Å². The summed E-state index contributed by atoms with van der Waals surface area (Å²) in [5, 5.41) is 9.82. The lowest BCUT2D eigenvalue weighted by Gasteiger charge is -2.16. The van der Waals surface area contributed by atoms with Gasteiger partial charge in [0.05, 0.1) is 13.2 Å². The second kappa shape index (κ2) is 5.11. The molecule has 0 spiro atoms. The van der Waals surface area contributed by atoms with Crippen molar-refractivity contribution >= 4 is 11.8 Å². The lowest BCUT2D eigenvalue weighted by Crippen LogP contribution is -2.20. The normalized spacial score (nSPS) is 24.7. The Morgan fingerprint density at radius 1 is 1.44 bits per heavy atom. The van der Waals surface area contributed by atoms with Gasteiger partial charge in [-0.2, -0.15) is 11.8 Å². The van der Waals surface area contributed by atoms with E-state index in [2.05, 4.69) is 19.1 Å². The van der Waals surface area contributed by atoms with E-state index >= 15 is 0 Å². The zero-order chi connectivity index (χ0) is 11.5. The number of aliphatic hydroxyl groups excluding tert-OH is 1. The van der Waals surface area contributed by atoms with Crippen molar-refractivity contribution in [1.82, 2.24) is 0 Å². The average Bonchev–Trinajstić information content (AvgIpc) is 2.65. The molecule has 1 aromatic rings. The Kier molecular flexibility index (Phi) is 3.77. The summed E-state index contributed by atoms with van der Waals surface area (Å²) in [6.07, 6.45) is 0.758. The van der Waals surface area contributed by atoms with Gasteiger partial charge in [0, 0.05) is 5.75 Å². The van der Waals surface area contributed by atoms with Crippen LogP contribution in [-0.2, 0) is 6.42 Å². The van der Waals surface area contributed by atoms with Gasteiger partial charge >= 0.3 is 0 Å². The highest BCUT2D eigenvalue weighted by Gasteiger charge is 2.26. The largest absolute Gasteiger partial charge is 0.496 e. The van der Waals surface area contributed by atoms with Crippen molar-refractivity contribution in [3.05, 3.63) is 29.3 Å². The molecule has 3 heteroatoms. The van der Waals surface area contributed by atoms with Crippen molar-refractivity contribution in [2.45, 2.75) is 19.4 Å². The molecule has 2 nitrogen and oxygen atoms in total. The Morgan fingerprint density at radius 2 is 2.25 bits per heavy atom. The summed E-state index contributed by atoms with van der Waals surface area (Å²) in [7, 11) is 1.70. The summed E-state index contributed by atoms with van der Waals surface area (Å²) >= 11 is 1.84. The van der Waals surface area contributed by atoms with Crippen LogP contribution in [0.5, 0.6) is 5.75 Å². The van der Waals surface area contributed by atoms with Crippen LogP contribution in [0.2, 0.25) is 0 Å². The number of hydrogen-bond acceptors (Lipinski definition) is 3. The molecular weight excluding hydrogens is 220 g/mol. The first-order valence-electron chi connectivity index (χ1n) is 5.60. The molecule has 16 heavy (non-hydrogen) atoms. The van der Waals surface area contributed by atoms with Crippen molar-refractivity contribution in [3.63, 3.8) is 0 Å². The Balaban J connectivity index is 2.16. The second-order valence-electron chi connectivity index (χ2n) is 4.38. The van der Waals surface area contributed by atoms with Gasteiger partial charge in [-0.15, -0.1) is 0 Å². The molecule has 88 valence electrons. The van der Waals surface area contributed by atoms with E-state index in [1.54, 1.807) is 7.11 Å². The SMILES string of the molecule is COc1ccc(C)cc1CC1CSCC1O. The number of benzene rings is 1. The standard InChI is InChI=1S/C13H18O2S/c1-9-3-4-13(15-2)10(5-9)6-11-7-16-8-12(11)14/h3-5,11-12,14H,6-8H2,1-2H3. The molecule has 1 aromatic carbocycles. The zero-order valence-electron chi connectivity index (χ0n) is 9.77. The van der Waals surface area contributed by atoms with Gasteiger partial charge in [0.1, 0.15) is 5.75 Å². The minimum atomic E-state index is -0.157. The van der Waals surface area contributed by atoms with Crippen LogP contribution in [0, 0.1) is 12.8 Å². The molecule has 1 aliphatic heterocycles. The molecular formula is C13H18O2S. The first-order valence-corrected chi connectivity index (χ1v) is 6.75. The molecule has 0 saturated carbocycles. The lowest BCUT2D eigenvalue weighted by molar-refractivity contribution is 0.149. The third-order valence-corrected chi connectivity index (χ3v) is 4.32. The maximum atomic E-state index is 9.82. The topological polar surface area (TPSA) is 29.5 Å². The van der Waals surface area contributed by atoms with Crippen molar-refractivity contribution in [2.24, 2.45) is 5.92 Å². The molecule has 0 radical (unpaired) electrons. The smallest absolute Gasteiger partial charge is 0.122 e. The molecule has 0 amide bonds. The third kappa shape index (κ3) is 2.53. The zero-order valence-corrected chi connectivity index (χ0v) is 10.6. The molecule has 1 N–H and O–H groups in total. The molecule has 2 atom stereocenters. The summed E-state index contributed by atoms with van der Waals surface area (Å²) < 4.78 is 5.36. The summed E-state index contributed by atoms with van der Waals surface area (Å²) in [5.74, 6) is 3.24. The maximum Gasteiger partial charge on any atom is 0.122 e. The fourth-order valence-corrected chi connectivity index (χ4v) is 3.42. The molecule has 0 aliphatic carbocycles. The third-order valence-electron chi connectivity index (χ3n) is 3.08. The first-order chi connectivity index (χ1) is 7.70. The predicted octanol–water partition coefficient (Wildman–Crippen LogP) is 2.27. The summed E-state index contributed by atoms with van der Waals surface area (Å²) in [6, 6.07) is 6.23. The average molecular weight is 238 g/mol. The minimum absolute atomic E-state index is 0.157. The summed E-state index contributed by atoms with van der Waals surface area (Å²) in [6.45, 7) is 2.09. The van der Waals surface area contributed by atoms with Crippen LogP contribution in [0.15, 0.2) is 18.2 Å². The molecule has 2 rings (SSSR count). The monoisotopic (exact) mass is 238 g/mol. The van der Waals surface area contributed by atoms with Gasteiger partial charge in [0.2, 0.25) is 0 Å². The van der Waals surface area contributed by atoms with Gasteiger partial charge in [-0.1, -0.05) is 17.7 Å². The molecule has 0 bridgehead atoms. The van der Waals surface area contributed by atoms with Crippen molar-refractivity contribution in [3.8, 4) is 5.75 Å².